The van der Waals surface area contributed by atoms with Crippen molar-refractivity contribution in [1.82, 2.24) is 5.32 Å². The Morgan fingerprint density at radius 2 is 1.71 bits per heavy atom. The Labute approximate surface area is 87.2 Å². The van der Waals surface area contributed by atoms with Crippen molar-refractivity contribution in [3.05, 3.63) is 0 Å². The Balaban J connectivity index is 2.71. The van der Waals surface area contributed by atoms with E-state index in [1.54, 1.807) is 0 Å². The Kier molecular flexibility index (Phi) is 4.38. The summed E-state index contributed by atoms with van der Waals surface area (Å²) in [6.45, 7) is 5.63. The minimum absolute atomic E-state index is 0.0892. The first-order chi connectivity index (χ1) is 6.62. The summed E-state index contributed by atoms with van der Waals surface area (Å²) < 4.78 is 24.2. The molecule has 0 amide bonds. The molecule has 14 heavy (non-hydrogen) atoms. The maximum absolute atomic E-state index is 12.1. The Hall–Kier alpha value is -0.0900. The number of nitrogens with one attached hydrogen (secondary N) is 1. The maximum Gasteiger partial charge on any atom is 0.156 e. The fourth-order valence-corrected chi connectivity index (χ4v) is 4.52. The molecule has 4 heteroatoms. The third kappa shape index (κ3) is 2.48. The van der Waals surface area contributed by atoms with Crippen molar-refractivity contribution in [2.75, 3.05) is 13.1 Å². The van der Waals surface area contributed by atoms with E-state index in [1.807, 2.05) is 13.8 Å². The molecule has 0 radical (unpaired) electrons. The summed E-state index contributed by atoms with van der Waals surface area (Å²) in [5.41, 5.74) is 0. The molecule has 1 fully saturated rings. The van der Waals surface area contributed by atoms with Crippen LogP contribution in [0.3, 0.4) is 0 Å². The average molecular weight is 219 g/mol. The minimum Gasteiger partial charge on any atom is -0.317 e. The lowest BCUT2D eigenvalue weighted by molar-refractivity contribution is 0.486. The third-order valence-corrected chi connectivity index (χ3v) is 6.12. The van der Waals surface area contributed by atoms with E-state index in [0.717, 1.165) is 38.8 Å². The molecular weight excluding hydrogens is 198 g/mol. The van der Waals surface area contributed by atoms with E-state index in [2.05, 4.69) is 5.32 Å². The van der Waals surface area contributed by atoms with Crippen molar-refractivity contribution in [3.8, 4) is 0 Å². The van der Waals surface area contributed by atoms with Crippen molar-refractivity contribution in [3.63, 3.8) is 0 Å². The van der Waals surface area contributed by atoms with Crippen LogP contribution in [0, 0.1) is 0 Å². The lowest BCUT2D eigenvalue weighted by atomic mass is 10.2. The van der Waals surface area contributed by atoms with Gasteiger partial charge in [0, 0.05) is 0 Å². The highest BCUT2D eigenvalue weighted by Crippen LogP contribution is 2.21. The molecule has 1 N–H and O–H groups in total. The standard InChI is InChI=1S/C10H21NO2S/c1-3-9(4-2)14(12,13)10-5-7-11-8-6-10/h9-11H,3-8H2,1-2H3. The molecule has 0 unspecified atom stereocenters. The summed E-state index contributed by atoms with van der Waals surface area (Å²) in [5, 5.41) is 2.99. The van der Waals surface area contributed by atoms with Crippen molar-refractivity contribution in [2.24, 2.45) is 0 Å². The lowest BCUT2D eigenvalue weighted by Crippen LogP contribution is -2.39. The van der Waals surface area contributed by atoms with Gasteiger partial charge in [0.25, 0.3) is 0 Å². The second-order valence-corrected chi connectivity index (χ2v) is 6.49. The molecule has 3 nitrogen and oxygen atoms in total. The van der Waals surface area contributed by atoms with Crippen LogP contribution in [-0.2, 0) is 9.84 Å². The second kappa shape index (κ2) is 5.12. The molecule has 1 rings (SSSR count). The van der Waals surface area contributed by atoms with Gasteiger partial charge >= 0.3 is 0 Å². The molecular formula is C10H21NO2S. The van der Waals surface area contributed by atoms with E-state index in [0.29, 0.717) is 0 Å². The molecule has 1 saturated heterocycles. The SMILES string of the molecule is CCC(CC)S(=O)(=O)C1CCNCC1. The fourth-order valence-electron chi connectivity index (χ4n) is 2.15. The fraction of sp³-hybridized carbons (Fsp3) is 1.00. The molecule has 0 spiro atoms. The van der Waals surface area contributed by atoms with Crippen molar-refractivity contribution < 1.29 is 8.42 Å². The van der Waals surface area contributed by atoms with Gasteiger partial charge in [-0.3, -0.25) is 0 Å². The number of sulfone groups is 1. The van der Waals surface area contributed by atoms with Crippen molar-refractivity contribution >= 4 is 9.84 Å². The quantitative estimate of drug-likeness (QED) is 0.776. The lowest BCUT2D eigenvalue weighted by Gasteiger charge is -2.26. The van der Waals surface area contributed by atoms with Gasteiger partial charge in [0.15, 0.2) is 9.84 Å². The van der Waals surface area contributed by atoms with Crippen LogP contribution < -0.4 is 5.32 Å². The highest BCUT2D eigenvalue weighted by molar-refractivity contribution is 7.92. The Morgan fingerprint density at radius 3 is 2.14 bits per heavy atom. The summed E-state index contributed by atoms with van der Waals surface area (Å²) in [6.07, 6.45) is 3.09. The highest BCUT2D eigenvalue weighted by Gasteiger charge is 2.32. The predicted molar refractivity (Wildman–Crippen MR) is 59.2 cm³/mol. The highest BCUT2D eigenvalue weighted by atomic mass is 32.2. The van der Waals surface area contributed by atoms with Gasteiger partial charge in [0.1, 0.15) is 0 Å². The van der Waals surface area contributed by atoms with Gasteiger partial charge in [-0.2, -0.15) is 0 Å². The van der Waals surface area contributed by atoms with Gasteiger partial charge in [-0.1, -0.05) is 13.8 Å². The molecule has 84 valence electrons. The van der Waals surface area contributed by atoms with Crippen LogP contribution in [0.2, 0.25) is 0 Å². The molecule has 0 aromatic carbocycles. The molecule has 0 aromatic heterocycles. The zero-order chi connectivity index (χ0) is 10.6. The van der Waals surface area contributed by atoms with Crippen LogP contribution in [0.4, 0.5) is 0 Å². The van der Waals surface area contributed by atoms with E-state index in [-0.39, 0.29) is 10.5 Å². The largest absolute Gasteiger partial charge is 0.317 e. The molecule has 0 bridgehead atoms. The van der Waals surface area contributed by atoms with E-state index in [4.69, 9.17) is 0 Å². The minimum atomic E-state index is -2.86. The second-order valence-electron chi connectivity index (χ2n) is 3.98. The van der Waals surface area contributed by atoms with Crippen LogP contribution in [0.25, 0.3) is 0 Å². The zero-order valence-corrected chi connectivity index (χ0v) is 9.94. The molecule has 0 atom stereocenters. The van der Waals surface area contributed by atoms with Crippen molar-refractivity contribution in [1.29, 1.82) is 0 Å². The van der Waals surface area contributed by atoms with E-state index >= 15 is 0 Å². The van der Waals surface area contributed by atoms with Crippen LogP contribution in [-0.4, -0.2) is 32.0 Å². The molecule has 1 heterocycles. The summed E-state index contributed by atoms with van der Waals surface area (Å²) in [4.78, 5) is 0. The van der Waals surface area contributed by atoms with Crippen LogP contribution >= 0.6 is 0 Å². The molecule has 0 saturated carbocycles. The molecule has 0 aliphatic carbocycles. The van der Waals surface area contributed by atoms with Gasteiger partial charge in [0.05, 0.1) is 10.5 Å². The number of hydrogen-bond donors (Lipinski definition) is 1. The summed E-state index contributed by atoms with van der Waals surface area (Å²) in [6, 6.07) is 0. The molecule has 1 aliphatic rings. The van der Waals surface area contributed by atoms with Gasteiger partial charge < -0.3 is 5.32 Å². The Bertz CT molecular complexity index is 251. The van der Waals surface area contributed by atoms with Crippen molar-refractivity contribution in [2.45, 2.75) is 50.0 Å². The van der Waals surface area contributed by atoms with Gasteiger partial charge in [-0.05, 0) is 38.8 Å². The maximum atomic E-state index is 12.1. The first-order valence-corrected chi connectivity index (χ1v) is 7.17. The van der Waals surface area contributed by atoms with Gasteiger partial charge in [0.2, 0.25) is 0 Å². The van der Waals surface area contributed by atoms with Crippen LogP contribution in [0.1, 0.15) is 39.5 Å². The van der Waals surface area contributed by atoms with E-state index in [9.17, 15) is 8.42 Å². The van der Waals surface area contributed by atoms with Gasteiger partial charge in [-0.15, -0.1) is 0 Å². The topological polar surface area (TPSA) is 46.2 Å². The first-order valence-electron chi connectivity index (χ1n) is 5.56. The van der Waals surface area contributed by atoms with E-state index < -0.39 is 9.84 Å². The smallest absolute Gasteiger partial charge is 0.156 e. The molecule has 1 aliphatic heterocycles. The normalized spacial score (nSPS) is 20.2. The van der Waals surface area contributed by atoms with Crippen LogP contribution in [0.15, 0.2) is 0 Å². The number of rotatable bonds is 4. The summed E-state index contributed by atoms with van der Waals surface area (Å²) >= 11 is 0. The number of hydrogen-bond acceptors (Lipinski definition) is 3. The van der Waals surface area contributed by atoms with E-state index in [1.165, 1.54) is 0 Å². The zero-order valence-electron chi connectivity index (χ0n) is 9.12. The monoisotopic (exact) mass is 219 g/mol. The van der Waals surface area contributed by atoms with Gasteiger partial charge in [-0.25, -0.2) is 8.42 Å². The average Bonchev–Trinajstić information content (AvgIpc) is 2.20. The predicted octanol–water partition coefficient (Wildman–Crippen LogP) is 1.34. The Morgan fingerprint density at radius 1 is 1.21 bits per heavy atom. The summed E-state index contributed by atoms with van der Waals surface area (Å²) in [7, 11) is -2.86. The molecule has 0 aromatic rings. The first kappa shape index (κ1) is 12.0. The number of piperidine rings is 1. The van der Waals surface area contributed by atoms with Crippen LogP contribution in [0.5, 0.6) is 0 Å². The summed E-state index contributed by atoms with van der Waals surface area (Å²) in [5.74, 6) is 0. The third-order valence-electron chi connectivity index (χ3n) is 3.13.